The predicted molar refractivity (Wildman–Crippen MR) is 124 cm³/mol. The SMILES string of the molecule is Cc1nc(C2=C(N)CN(C(=O)c3ccc(F)cc3OCCCN(C=N)C=N)C2)nc(C)c1Cl. The molecular formula is C22H25ClFN7O2. The van der Waals surface area contributed by atoms with Crippen molar-refractivity contribution in [1.82, 2.24) is 19.8 Å². The molecule has 33 heavy (non-hydrogen) atoms. The number of aryl methyl sites for hydroxylation is 2. The molecule has 2 heterocycles. The maximum Gasteiger partial charge on any atom is 0.258 e. The van der Waals surface area contributed by atoms with Gasteiger partial charge < -0.3 is 20.3 Å². The molecule has 11 heteroatoms. The van der Waals surface area contributed by atoms with E-state index in [9.17, 15) is 9.18 Å². The van der Waals surface area contributed by atoms with E-state index in [-0.39, 0.29) is 36.9 Å². The number of nitrogens with two attached hydrogens (primary N) is 1. The summed E-state index contributed by atoms with van der Waals surface area (Å²) in [5, 5.41) is 14.9. The van der Waals surface area contributed by atoms with Crippen molar-refractivity contribution in [1.29, 1.82) is 10.8 Å². The van der Waals surface area contributed by atoms with Crippen molar-refractivity contribution in [2.45, 2.75) is 20.3 Å². The lowest BCUT2D eigenvalue weighted by Crippen LogP contribution is -2.30. The summed E-state index contributed by atoms with van der Waals surface area (Å²) < 4.78 is 19.5. The highest BCUT2D eigenvalue weighted by Gasteiger charge is 2.29. The summed E-state index contributed by atoms with van der Waals surface area (Å²) in [6, 6.07) is 3.76. The first-order chi connectivity index (χ1) is 15.7. The van der Waals surface area contributed by atoms with Crippen LogP contribution in [-0.4, -0.2) is 64.6 Å². The molecule has 1 aliphatic rings. The molecule has 0 aliphatic carbocycles. The number of amides is 1. The van der Waals surface area contributed by atoms with E-state index in [0.29, 0.717) is 46.5 Å². The first kappa shape index (κ1) is 24.1. The van der Waals surface area contributed by atoms with Gasteiger partial charge in [-0.1, -0.05) is 11.6 Å². The van der Waals surface area contributed by atoms with Crippen molar-refractivity contribution >= 4 is 35.8 Å². The predicted octanol–water partition coefficient (Wildman–Crippen LogP) is 3.00. The van der Waals surface area contributed by atoms with Gasteiger partial charge in [0.2, 0.25) is 0 Å². The van der Waals surface area contributed by atoms with Gasteiger partial charge in [-0.3, -0.25) is 15.6 Å². The third-order valence-electron chi connectivity index (χ3n) is 5.16. The van der Waals surface area contributed by atoms with Crippen LogP contribution < -0.4 is 10.5 Å². The highest BCUT2D eigenvalue weighted by atomic mass is 35.5. The van der Waals surface area contributed by atoms with Crippen LogP contribution in [0.3, 0.4) is 0 Å². The minimum atomic E-state index is -0.526. The smallest absolute Gasteiger partial charge is 0.258 e. The molecule has 1 aromatic carbocycles. The van der Waals surface area contributed by atoms with Crippen LogP contribution in [0.4, 0.5) is 4.39 Å². The molecule has 0 radical (unpaired) electrons. The molecule has 0 bridgehead atoms. The Morgan fingerprint density at radius 3 is 2.58 bits per heavy atom. The quantitative estimate of drug-likeness (QED) is 0.291. The number of hydrogen-bond donors (Lipinski definition) is 3. The summed E-state index contributed by atoms with van der Waals surface area (Å²) in [6.45, 7) is 4.52. The fourth-order valence-corrected chi connectivity index (χ4v) is 3.49. The van der Waals surface area contributed by atoms with Crippen LogP contribution in [0.15, 0.2) is 23.9 Å². The number of nitrogens with one attached hydrogen (secondary N) is 2. The largest absolute Gasteiger partial charge is 0.493 e. The van der Waals surface area contributed by atoms with Crippen LogP contribution in [0.1, 0.15) is 34.0 Å². The van der Waals surface area contributed by atoms with E-state index in [1.54, 1.807) is 13.8 Å². The van der Waals surface area contributed by atoms with E-state index in [0.717, 1.165) is 12.7 Å². The molecule has 0 fully saturated rings. The fraction of sp³-hybridized carbons (Fsp3) is 0.318. The second-order valence-electron chi connectivity index (χ2n) is 7.54. The van der Waals surface area contributed by atoms with Crippen LogP contribution in [0.25, 0.3) is 5.57 Å². The summed E-state index contributed by atoms with van der Waals surface area (Å²) >= 11 is 6.16. The lowest BCUT2D eigenvalue weighted by molar-refractivity contribution is 0.0794. The molecule has 0 atom stereocenters. The highest BCUT2D eigenvalue weighted by molar-refractivity contribution is 6.31. The number of carbonyl (C=O) groups excluding carboxylic acids is 1. The Balaban J connectivity index is 1.74. The zero-order valence-corrected chi connectivity index (χ0v) is 19.1. The summed E-state index contributed by atoms with van der Waals surface area (Å²) in [6.07, 6.45) is 2.53. The molecule has 9 nitrogen and oxygen atoms in total. The molecule has 3 rings (SSSR count). The third-order valence-corrected chi connectivity index (χ3v) is 5.71. The average Bonchev–Trinajstić information content (AvgIpc) is 3.18. The second kappa shape index (κ2) is 10.4. The maximum absolute atomic E-state index is 13.9. The molecular weight excluding hydrogens is 449 g/mol. The van der Waals surface area contributed by atoms with E-state index in [1.165, 1.54) is 28.0 Å². The summed E-state index contributed by atoms with van der Waals surface area (Å²) in [5.41, 5.74) is 8.81. The number of rotatable bonds is 9. The zero-order chi connectivity index (χ0) is 24.1. The van der Waals surface area contributed by atoms with Crippen LogP contribution in [0, 0.1) is 30.5 Å². The van der Waals surface area contributed by atoms with Crippen LogP contribution in [0.2, 0.25) is 5.02 Å². The van der Waals surface area contributed by atoms with Gasteiger partial charge in [0.05, 0.1) is 54.3 Å². The monoisotopic (exact) mass is 473 g/mol. The number of aromatic nitrogens is 2. The van der Waals surface area contributed by atoms with Gasteiger partial charge in [0.15, 0.2) is 5.82 Å². The molecule has 1 aromatic heterocycles. The lowest BCUT2D eigenvalue weighted by atomic mass is 10.1. The Labute approximate surface area is 196 Å². The molecule has 1 aliphatic heterocycles. The van der Waals surface area contributed by atoms with Crippen LogP contribution >= 0.6 is 11.6 Å². The summed E-state index contributed by atoms with van der Waals surface area (Å²) in [4.78, 5) is 24.9. The third kappa shape index (κ3) is 5.46. The molecule has 0 saturated carbocycles. The Kier molecular flexibility index (Phi) is 7.59. The van der Waals surface area contributed by atoms with Gasteiger partial charge in [-0.25, -0.2) is 14.4 Å². The van der Waals surface area contributed by atoms with E-state index in [1.807, 2.05) is 0 Å². The van der Waals surface area contributed by atoms with Crippen LogP contribution in [0.5, 0.6) is 5.75 Å². The van der Waals surface area contributed by atoms with E-state index < -0.39 is 5.82 Å². The topological polar surface area (TPSA) is 132 Å². The van der Waals surface area contributed by atoms with Gasteiger partial charge in [0.1, 0.15) is 11.6 Å². The Hall–Kier alpha value is -3.53. The number of ether oxygens (including phenoxy) is 1. The lowest BCUT2D eigenvalue weighted by Gasteiger charge is -2.19. The van der Waals surface area contributed by atoms with Gasteiger partial charge in [0, 0.05) is 23.9 Å². The second-order valence-corrected chi connectivity index (χ2v) is 7.91. The Morgan fingerprint density at radius 1 is 1.27 bits per heavy atom. The first-order valence-corrected chi connectivity index (χ1v) is 10.6. The summed E-state index contributed by atoms with van der Waals surface area (Å²) in [7, 11) is 0. The van der Waals surface area contributed by atoms with Crippen LogP contribution in [-0.2, 0) is 0 Å². The minimum absolute atomic E-state index is 0.123. The molecule has 4 N–H and O–H groups in total. The molecule has 0 unspecified atom stereocenters. The normalized spacial score (nSPS) is 13.3. The molecule has 1 amide bonds. The van der Waals surface area contributed by atoms with Crippen molar-refractivity contribution in [3.63, 3.8) is 0 Å². The van der Waals surface area contributed by atoms with Crippen molar-refractivity contribution in [3.05, 3.63) is 57.5 Å². The zero-order valence-electron chi connectivity index (χ0n) is 18.4. The van der Waals surface area contributed by atoms with E-state index in [4.69, 9.17) is 32.9 Å². The number of halogens is 2. The van der Waals surface area contributed by atoms with Gasteiger partial charge in [0.25, 0.3) is 5.91 Å². The molecule has 0 saturated heterocycles. The maximum atomic E-state index is 13.9. The Morgan fingerprint density at radius 2 is 1.94 bits per heavy atom. The average molecular weight is 474 g/mol. The number of benzene rings is 1. The van der Waals surface area contributed by atoms with Crippen molar-refractivity contribution in [2.75, 3.05) is 26.2 Å². The highest BCUT2D eigenvalue weighted by Crippen LogP contribution is 2.28. The minimum Gasteiger partial charge on any atom is -0.493 e. The standard InChI is InChI=1S/C22H25ClFN7O2/c1-13-20(23)14(2)29-21(28-13)17-9-31(10-18(17)27)22(32)16-5-4-15(24)8-19(16)33-7-3-6-30(11-25)12-26/h4-5,8,11-12,25-26H,3,6-7,9-10,27H2,1-2H3. The molecule has 174 valence electrons. The Bertz CT molecular complexity index is 1090. The molecule has 2 aromatic rings. The number of nitrogens with zero attached hydrogens (tertiary/aromatic N) is 4. The first-order valence-electron chi connectivity index (χ1n) is 10.2. The van der Waals surface area contributed by atoms with Gasteiger partial charge in [-0.15, -0.1) is 0 Å². The van der Waals surface area contributed by atoms with Crippen molar-refractivity contribution < 1.29 is 13.9 Å². The van der Waals surface area contributed by atoms with Gasteiger partial charge in [-0.05, 0) is 32.4 Å². The van der Waals surface area contributed by atoms with Gasteiger partial charge >= 0.3 is 0 Å². The molecule has 0 spiro atoms. The fourth-order valence-electron chi connectivity index (χ4n) is 3.40. The summed E-state index contributed by atoms with van der Waals surface area (Å²) in [5.74, 6) is -0.328. The van der Waals surface area contributed by atoms with Crippen molar-refractivity contribution in [3.8, 4) is 5.75 Å². The van der Waals surface area contributed by atoms with Crippen molar-refractivity contribution in [2.24, 2.45) is 5.73 Å². The number of carbonyl (C=O) groups is 1. The number of hydrogen-bond acceptors (Lipinski definition) is 7. The van der Waals surface area contributed by atoms with Gasteiger partial charge in [-0.2, -0.15) is 0 Å². The van der Waals surface area contributed by atoms with E-state index in [2.05, 4.69) is 9.97 Å². The van der Waals surface area contributed by atoms with E-state index >= 15 is 0 Å².